The van der Waals surface area contributed by atoms with Gasteiger partial charge in [0.15, 0.2) is 0 Å². The van der Waals surface area contributed by atoms with Crippen LogP contribution in [-0.2, 0) is 4.74 Å². The van der Waals surface area contributed by atoms with Gasteiger partial charge in [-0.2, -0.15) is 0 Å². The first-order valence-corrected chi connectivity index (χ1v) is 5.21. The second kappa shape index (κ2) is 5.87. The molecule has 16 heavy (non-hydrogen) atoms. The van der Waals surface area contributed by atoms with E-state index in [1.807, 2.05) is 0 Å². The van der Waals surface area contributed by atoms with E-state index >= 15 is 0 Å². The first-order valence-electron chi connectivity index (χ1n) is 5.21. The molecule has 1 heterocycles. The van der Waals surface area contributed by atoms with Crippen LogP contribution in [0.1, 0.15) is 11.1 Å². The highest BCUT2D eigenvalue weighted by Crippen LogP contribution is 2.19. The summed E-state index contributed by atoms with van der Waals surface area (Å²) in [5.74, 6) is 0.929. The van der Waals surface area contributed by atoms with Crippen LogP contribution in [0.15, 0.2) is 23.2 Å². The van der Waals surface area contributed by atoms with Crippen molar-refractivity contribution in [1.82, 2.24) is 0 Å². The van der Waals surface area contributed by atoms with Gasteiger partial charge in [-0.3, -0.25) is 4.99 Å². The molecule has 0 spiro atoms. The molecule has 0 aromatic heterocycles. The molecule has 3 nitrogen and oxygen atoms in total. The largest absolute Gasteiger partial charge is 0.372 e. The van der Waals surface area contributed by atoms with Gasteiger partial charge in [-0.1, -0.05) is 18.2 Å². The Morgan fingerprint density at radius 2 is 1.94 bits per heavy atom. The van der Waals surface area contributed by atoms with Gasteiger partial charge in [0.1, 0.15) is 12.4 Å². The number of hydrogen-bond donors (Lipinski definition) is 1. The summed E-state index contributed by atoms with van der Waals surface area (Å²) in [6, 6.07) is 6.26. The third-order valence-electron chi connectivity index (χ3n) is 2.53. The number of hydrogen-bond acceptors (Lipinski definition) is 3. The number of nitrogens with zero attached hydrogens (tertiary/aromatic N) is 1. The molecule has 0 amide bonds. The molecule has 1 aliphatic heterocycles. The Morgan fingerprint density at radius 3 is 2.50 bits per heavy atom. The molecule has 0 saturated carbocycles. The second-order valence-electron chi connectivity index (χ2n) is 3.77. The molecule has 0 bridgehead atoms. The highest BCUT2D eigenvalue weighted by atomic mass is 35.5. The summed E-state index contributed by atoms with van der Waals surface area (Å²) >= 11 is 0. The van der Waals surface area contributed by atoms with Crippen LogP contribution in [0.5, 0.6) is 0 Å². The third-order valence-corrected chi connectivity index (χ3v) is 2.53. The van der Waals surface area contributed by atoms with Crippen molar-refractivity contribution in [1.29, 1.82) is 0 Å². The lowest BCUT2D eigenvalue weighted by Gasteiger charge is -2.17. The van der Waals surface area contributed by atoms with Gasteiger partial charge in [0, 0.05) is 5.69 Å². The van der Waals surface area contributed by atoms with E-state index < -0.39 is 0 Å². The fraction of sp³-hybridized carbons (Fsp3) is 0.417. The summed E-state index contributed by atoms with van der Waals surface area (Å²) in [6.07, 6.45) is 0. The average Bonchev–Trinajstić information content (AvgIpc) is 2.25. The number of nitrogens with one attached hydrogen (secondary N) is 1. The molecule has 0 fully saturated rings. The maximum atomic E-state index is 5.34. The number of ether oxygens (including phenoxy) is 1. The lowest BCUT2D eigenvalue weighted by molar-refractivity contribution is 0.171. The molecule has 88 valence electrons. The maximum absolute atomic E-state index is 5.34. The van der Waals surface area contributed by atoms with Crippen LogP contribution < -0.4 is 5.32 Å². The summed E-state index contributed by atoms with van der Waals surface area (Å²) < 4.78 is 5.34. The van der Waals surface area contributed by atoms with E-state index in [4.69, 9.17) is 4.74 Å². The van der Waals surface area contributed by atoms with Gasteiger partial charge in [0.2, 0.25) is 0 Å². The van der Waals surface area contributed by atoms with E-state index in [2.05, 4.69) is 42.4 Å². The average molecular weight is 241 g/mol. The van der Waals surface area contributed by atoms with Gasteiger partial charge < -0.3 is 10.1 Å². The summed E-state index contributed by atoms with van der Waals surface area (Å²) in [4.78, 5) is 4.39. The predicted octanol–water partition coefficient (Wildman–Crippen LogP) is 2.57. The monoisotopic (exact) mass is 240 g/mol. The number of rotatable bonds is 1. The minimum atomic E-state index is 0. The smallest absolute Gasteiger partial charge is 0.127 e. The Kier molecular flexibility index (Phi) is 4.77. The summed E-state index contributed by atoms with van der Waals surface area (Å²) in [5.41, 5.74) is 3.63. The molecular weight excluding hydrogens is 224 g/mol. The number of anilines is 1. The third kappa shape index (κ3) is 2.97. The Morgan fingerprint density at radius 1 is 1.25 bits per heavy atom. The molecule has 0 saturated heterocycles. The van der Waals surface area contributed by atoms with Crippen LogP contribution in [0.3, 0.4) is 0 Å². The SMILES string of the molecule is Cc1cccc(C)c1NC1=NCCOC1.Cl. The Bertz CT molecular complexity index is 370. The lowest BCUT2D eigenvalue weighted by Crippen LogP contribution is -2.25. The van der Waals surface area contributed by atoms with Crippen LogP contribution >= 0.6 is 12.4 Å². The van der Waals surface area contributed by atoms with E-state index in [0.717, 1.165) is 24.7 Å². The zero-order valence-corrected chi connectivity index (χ0v) is 10.4. The van der Waals surface area contributed by atoms with Gasteiger partial charge in [-0.05, 0) is 25.0 Å². The fourth-order valence-electron chi connectivity index (χ4n) is 1.69. The highest BCUT2D eigenvalue weighted by molar-refractivity contribution is 5.97. The molecule has 1 aromatic rings. The molecule has 1 aliphatic rings. The zero-order valence-electron chi connectivity index (χ0n) is 9.62. The quantitative estimate of drug-likeness (QED) is 0.819. The van der Waals surface area contributed by atoms with Crippen LogP contribution in [0, 0.1) is 13.8 Å². The normalized spacial score (nSPS) is 15.0. The topological polar surface area (TPSA) is 33.6 Å². The number of amidine groups is 1. The fourth-order valence-corrected chi connectivity index (χ4v) is 1.69. The Balaban J connectivity index is 0.00000128. The second-order valence-corrected chi connectivity index (χ2v) is 3.77. The van der Waals surface area contributed by atoms with E-state index in [1.165, 1.54) is 11.1 Å². The van der Waals surface area contributed by atoms with Crippen molar-refractivity contribution in [2.45, 2.75) is 13.8 Å². The van der Waals surface area contributed by atoms with Crippen LogP contribution in [0.25, 0.3) is 0 Å². The van der Waals surface area contributed by atoms with Crippen molar-refractivity contribution < 1.29 is 4.74 Å². The minimum absolute atomic E-state index is 0. The van der Waals surface area contributed by atoms with E-state index in [9.17, 15) is 0 Å². The number of aryl methyl sites for hydroxylation is 2. The molecule has 2 rings (SSSR count). The van der Waals surface area contributed by atoms with Crippen molar-refractivity contribution in [2.75, 3.05) is 25.1 Å². The van der Waals surface area contributed by atoms with Gasteiger partial charge in [0.25, 0.3) is 0 Å². The summed E-state index contributed by atoms with van der Waals surface area (Å²) in [6.45, 7) is 6.28. The molecule has 0 atom stereocenters. The van der Waals surface area contributed by atoms with Crippen LogP contribution in [0.2, 0.25) is 0 Å². The molecule has 0 radical (unpaired) electrons. The van der Waals surface area contributed by atoms with Crippen molar-refractivity contribution in [2.24, 2.45) is 4.99 Å². The minimum Gasteiger partial charge on any atom is -0.372 e. The number of aliphatic imine (C=N–C) groups is 1. The van der Waals surface area contributed by atoms with Crippen molar-refractivity contribution >= 4 is 23.9 Å². The molecule has 1 aromatic carbocycles. The standard InChI is InChI=1S/C12H16N2O.ClH/c1-9-4-3-5-10(2)12(9)14-11-8-15-7-6-13-11;/h3-5H,6-8H2,1-2H3,(H,13,14);1H. The van der Waals surface area contributed by atoms with Gasteiger partial charge in [-0.15, -0.1) is 12.4 Å². The first-order chi connectivity index (χ1) is 7.27. The molecular formula is C12H17ClN2O. The zero-order chi connectivity index (χ0) is 10.7. The number of benzene rings is 1. The molecule has 1 N–H and O–H groups in total. The van der Waals surface area contributed by atoms with Crippen molar-refractivity contribution in [3.8, 4) is 0 Å². The number of para-hydroxylation sites is 1. The summed E-state index contributed by atoms with van der Waals surface area (Å²) in [5, 5.41) is 3.34. The molecule has 0 aliphatic carbocycles. The highest BCUT2D eigenvalue weighted by Gasteiger charge is 2.08. The number of halogens is 1. The Labute approximate surface area is 102 Å². The summed E-state index contributed by atoms with van der Waals surface area (Å²) in [7, 11) is 0. The van der Waals surface area contributed by atoms with E-state index in [-0.39, 0.29) is 12.4 Å². The van der Waals surface area contributed by atoms with Crippen molar-refractivity contribution in [3.05, 3.63) is 29.3 Å². The van der Waals surface area contributed by atoms with Crippen LogP contribution in [0.4, 0.5) is 5.69 Å². The predicted molar refractivity (Wildman–Crippen MR) is 69.9 cm³/mol. The maximum Gasteiger partial charge on any atom is 0.127 e. The lowest BCUT2D eigenvalue weighted by atomic mass is 10.1. The molecule has 4 heteroatoms. The molecule has 0 unspecified atom stereocenters. The van der Waals surface area contributed by atoms with Gasteiger partial charge in [-0.25, -0.2) is 0 Å². The van der Waals surface area contributed by atoms with Gasteiger partial charge in [0.05, 0.1) is 13.2 Å². The van der Waals surface area contributed by atoms with E-state index in [1.54, 1.807) is 0 Å². The van der Waals surface area contributed by atoms with Crippen molar-refractivity contribution in [3.63, 3.8) is 0 Å². The first kappa shape index (κ1) is 13.0. The Hall–Kier alpha value is -1.06. The van der Waals surface area contributed by atoms with Gasteiger partial charge >= 0.3 is 0 Å². The van der Waals surface area contributed by atoms with E-state index in [0.29, 0.717) is 6.61 Å². The van der Waals surface area contributed by atoms with Crippen LogP contribution in [-0.4, -0.2) is 25.6 Å².